The van der Waals surface area contributed by atoms with Crippen molar-refractivity contribution < 1.29 is 8.83 Å². The van der Waals surface area contributed by atoms with Crippen LogP contribution in [-0.4, -0.2) is 0 Å². The van der Waals surface area contributed by atoms with E-state index in [0.717, 1.165) is 49.4 Å². The van der Waals surface area contributed by atoms with E-state index in [0.29, 0.717) is 0 Å². The average Bonchev–Trinajstić information content (AvgIpc) is 1.33. The van der Waals surface area contributed by atoms with E-state index in [4.69, 9.17) is 8.83 Å². The number of hydrogen-bond donors (Lipinski definition) is 0. The summed E-state index contributed by atoms with van der Waals surface area (Å²) in [4.78, 5) is 0. The van der Waals surface area contributed by atoms with E-state index in [9.17, 15) is 0 Å². The number of fused-ring (bicyclic) bond motifs is 20. The quantitative estimate of drug-likeness (QED) is 0.149. The SMILES string of the molecule is CC1(C)c2ccc(-c3ccc(-c4c5ccccc5c(-c5cccc6c5oc5ccccc56)c5ccccc45)cc3)cc2-c2c1ccc1ccccc21.CC1(C)c2ccc(-c3ccc4oc5ccc(-c6c7ccccc7c(-c7ccc(-c8ccccc8)cc7)c7ccccc67)cc5c4c3)cc2-c2c1ccc1ccccc21. The lowest BCUT2D eigenvalue weighted by atomic mass is 9.82. The van der Waals surface area contributed by atoms with Gasteiger partial charge in [0.1, 0.15) is 22.3 Å². The van der Waals surface area contributed by atoms with Crippen molar-refractivity contribution in [1.29, 1.82) is 0 Å². The van der Waals surface area contributed by atoms with Crippen LogP contribution in [-0.2, 0) is 10.8 Å². The molecule has 19 aromatic carbocycles. The molecule has 0 aliphatic heterocycles. The first-order valence-corrected chi connectivity index (χ1v) is 38.4. The second-order valence-corrected chi connectivity index (χ2v) is 31.2. The zero-order valence-electron chi connectivity index (χ0n) is 61.5. The van der Waals surface area contributed by atoms with Gasteiger partial charge in [0.2, 0.25) is 0 Å². The Kier molecular flexibility index (Phi) is 14.1. The van der Waals surface area contributed by atoms with Gasteiger partial charge in [-0.05, 0) is 218 Å². The van der Waals surface area contributed by atoms with Gasteiger partial charge in [0.05, 0.1) is 0 Å². The van der Waals surface area contributed by atoms with Crippen LogP contribution in [0.5, 0.6) is 0 Å². The van der Waals surface area contributed by atoms with Crippen molar-refractivity contribution in [2.75, 3.05) is 0 Å². The molecule has 2 nitrogen and oxygen atoms in total. The van der Waals surface area contributed by atoms with E-state index in [1.54, 1.807) is 0 Å². The maximum absolute atomic E-state index is 6.59. The lowest BCUT2D eigenvalue weighted by Gasteiger charge is -2.21. The Bertz CT molecular complexity index is 7310. The molecule has 0 radical (unpaired) electrons. The van der Waals surface area contributed by atoms with Crippen molar-refractivity contribution in [2.24, 2.45) is 0 Å². The number of benzene rings is 19. The van der Waals surface area contributed by atoms with E-state index < -0.39 is 0 Å². The minimum atomic E-state index is -0.0616. The number of furan rings is 2. The van der Waals surface area contributed by atoms with Gasteiger partial charge in [-0.1, -0.05) is 349 Å². The normalized spacial score (nSPS) is 13.2. The van der Waals surface area contributed by atoms with Gasteiger partial charge in [0.15, 0.2) is 0 Å². The fourth-order valence-electron chi connectivity index (χ4n) is 19.2. The summed E-state index contributed by atoms with van der Waals surface area (Å²) in [6.07, 6.45) is 0. The van der Waals surface area contributed by atoms with Crippen LogP contribution in [0, 0.1) is 0 Å². The molecule has 0 bridgehead atoms. The summed E-state index contributed by atoms with van der Waals surface area (Å²) < 4.78 is 13.1. The molecule has 0 unspecified atom stereocenters. The van der Waals surface area contributed by atoms with Crippen LogP contribution in [0.15, 0.2) is 373 Å². The zero-order valence-corrected chi connectivity index (χ0v) is 61.5. The first-order valence-electron chi connectivity index (χ1n) is 38.4. The molecule has 0 amide bonds. The van der Waals surface area contributed by atoms with Crippen LogP contribution in [0.3, 0.4) is 0 Å². The van der Waals surface area contributed by atoms with Crippen LogP contribution >= 0.6 is 0 Å². The molecule has 2 aromatic heterocycles. The smallest absolute Gasteiger partial charge is 0.143 e. The molecule has 0 spiro atoms. The monoisotopic (exact) mass is 1400 g/mol. The topological polar surface area (TPSA) is 26.3 Å². The van der Waals surface area contributed by atoms with Crippen LogP contribution in [0.2, 0.25) is 0 Å². The highest BCUT2D eigenvalue weighted by molar-refractivity contribution is 6.26. The first kappa shape index (κ1) is 63.6. The number of rotatable bonds is 7. The molecule has 2 heterocycles. The highest BCUT2D eigenvalue weighted by Gasteiger charge is 2.38. The summed E-state index contributed by atoms with van der Waals surface area (Å²) >= 11 is 0. The molecule has 0 atom stereocenters. The molecule has 0 N–H and O–H groups in total. The fraction of sp³-hybridized carbons (Fsp3) is 0.0556. The van der Waals surface area contributed by atoms with E-state index >= 15 is 0 Å². The van der Waals surface area contributed by atoms with E-state index in [-0.39, 0.29) is 10.8 Å². The third-order valence-electron chi connectivity index (χ3n) is 24.5. The molecule has 21 aromatic rings. The first-order chi connectivity index (χ1) is 54.1. The molecule has 516 valence electrons. The summed E-state index contributed by atoms with van der Waals surface area (Å²) in [5.74, 6) is 0. The predicted molar refractivity (Wildman–Crippen MR) is 466 cm³/mol. The van der Waals surface area contributed by atoms with Crippen LogP contribution < -0.4 is 0 Å². The van der Waals surface area contributed by atoms with Crippen molar-refractivity contribution >= 4 is 109 Å². The van der Waals surface area contributed by atoms with Gasteiger partial charge >= 0.3 is 0 Å². The van der Waals surface area contributed by atoms with Gasteiger partial charge in [-0.25, -0.2) is 0 Å². The molecule has 0 saturated heterocycles. The standard InChI is InChI=1S/C57H38O.C51H34O/c1-57(2)50-28-25-39(33-49(50)56-42-15-7-6-14-37(42)24-29-51(56)57)40-26-30-52-47(32-40)48-34-41(27-31-53(48)58-52)55-45-18-10-8-16-43(45)54(44-17-9-11-19-46(44)55)38-22-20-36(21-23-38)35-12-4-3-5-13-35;1-51(2)44-28-27-34(30-43(44)49-35-13-4-3-12-32(35)26-29-45(49)51)31-22-24-33(25-23-31)47-37-15-5-7-17-39(37)48(40-18-8-6-16-38(40)47)42-20-11-19-41-36-14-9-10-21-46(36)52-50(41)42/h3-34H,1-2H3;3-30H,1-2H3. The summed E-state index contributed by atoms with van der Waals surface area (Å²) in [5, 5.41) is 19.7. The van der Waals surface area contributed by atoms with Gasteiger partial charge in [0.25, 0.3) is 0 Å². The highest BCUT2D eigenvalue weighted by atomic mass is 16.3. The molecule has 110 heavy (non-hydrogen) atoms. The molecule has 2 heteroatoms. The fourth-order valence-corrected chi connectivity index (χ4v) is 19.2. The molecule has 2 aliphatic carbocycles. The van der Waals surface area contributed by atoms with Crippen LogP contribution in [0.25, 0.3) is 209 Å². The van der Waals surface area contributed by atoms with E-state index in [1.807, 2.05) is 6.07 Å². The number of para-hydroxylation sites is 2. The van der Waals surface area contributed by atoms with Gasteiger partial charge in [-0.2, -0.15) is 0 Å². The second kappa shape index (κ2) is 24.4. The Morgan fingerprint density at radius 2 is 0.500 bits per heavy atom. The van der Waals surface area contributed by atoms with Gasteiger partial charge in [0, 0.05) is 43.5 Å². The van der Waals surface area contributed by atoms with Crippen LogP contribution in [0.1, 0.15) is 49.9 Å². The Morgan fingerprint density at radius 1 is 0.173 bits per heavy atom. The minimum absolute atomic E-state index is 0.0404. The summed E-state index contributed by atoms with van der Waals surface area (Å²) in [6.45, 7) is 9.43. The minimum Gasteiger partial charge on any atom is -0.456 e. The van der Waals surface area contributed by atoms with Crippen molar-refractivity contribution in [3.63, 3.8) is 0 Å². The lowest BCUT2D eigenvalue weighted by molar-refractivity contribution is 0.661. The van der Waals surface area contributed by atoms with Gasteiger partial charge < -0.3 is 8.83 Å². The largest absolute Gasteiger partial charge is 0.456 e. The predicted octanol–water partition coefficient (Wildman–Crippen LogP) is 30.4. The zero-order chi connectivity index (χ0) is 73.1. The van der Waals surface area contributed by atoms with Crippen LogP contribution in [0.4, 0.5) is 0 Å². The third kappa shape index (κ3) is 9.68. The summed E-state index contributed by atoms with van der Waals surface area (Å²) in [7, 11) is 0. The molecule has 0 saturated carbocycles. The van der Waals surface area contributed by atoms with Crippen molar-refractivity contribution in [3.05, 3.63) is 386 Å². The summed E-state index contributed by atoms with van der Waals surface area (Å²) in [6, 6.07) is 134. The Labute approximate surface area is 638 Å². The molecule has 2 aliphatic rings. The second-order valence-electron chi connectivity index (χ2n) is 31.2. The Hall–Kier alpha value is -13.7. The van der Waals surface area contributed by atoms with Crippen molar-refractivity contribution in [3.8, 4) is 100 Å². The van der Waals surface area contributed by atoms with Crippen molar-refractivity contribution in [1.82, 2.24) is 0 Å². The maximum Gasteiger partial charge on any atom is 0.143 e. The van der Waals surface area contributed by atoms with Gasteiger partial charge in [-0.15, -0.1) is 0 Å². The Balaban J connectivity index is 0.000000136. The van der Waals surface area contributed by atoms with Crippen molar-refractivity contribution in [2.45, 2.75) is 38.5 Å². The summed E-state index contributed by atoms with van der Waals surface area (Å²) in [5.41, 5.74) is 31.6. The maximum atomic E-state index is 6.59. The third-order valence-corrected chi connectivity index (χ3v) is 24.5. The molecular weight excluding hydrogens is 1330 g/mol. The number of hydrogen-bond acceptors (Lipinski definition) is 2. The average molecular weight is 1400 g/mol. The van der Waals surface area contributed by atoms with Gasteiger partial charge in [-0.3, -0.25) is 0 Å². The molecule has 0 fully saturated rings. The highest BCUT2D eigenvalue weighted by Crippen LogP contribution is 2.56. The van der Waals surface area contributed by atoms with E-state index in [1.165, 1.54) is 181 Å². The lowest BCUT2D eigenvalue weighted by Crippen LogP contribution is -2.14. The molecular formula is C108H72O2. The molecule has 23 rings (SSSR count). The van der Waals surface area contributed by atoms with E-state index in [2.05, 4.69) is 386 Å². The Morgan fingerprint density at radius 3 is 1.00 bits per heavy atom.